The molecule has 0 saturated carbocycles. The minimum absolute atomic E-state index is 0.0447. The van der Waals surface area contributed by atoms with Gasteiger partial charge in [0.1, 0.15) is 11.6 Å². The second kappa shape index (κ2) is 7.89. The first-order valence-electron chi connectivity index (χ1n) is 11.5. The summed E-state index contributed by atoms with van der Waals surface area (Å²) >= 11 is 0. The Morgan fingerprint density at radius 3 is 2.79 bits per heavy atom. The quantitative estimate of drug-likeness (QED) is 0.713. The molecule has 7 nitrogen and oxygen atoms in total. The van der Waals surface area contributed by atoms with Gasteiger partial charge in [0.25, 0.3) is 0 Å². The van der Waals surface area contributed by atoms with Crippen molar-refractivity contribution < 1.29 is 18.7 Å². The minimum atomic E-state index is -0.484. The van der Waals surface area contributed by atoms with Gasteiger partial charge in [-0.25, -0.2) is 8.78 Å². The number of aliphatic hydroxyl groups excluding tert-OH is 1. The number of amides is 1. The largest absolute Gasteiger partial charge is 0.389 e. The number of benzene rings is 1. The number of hydrogen-bond acceptors (Lipinski definition) is 6. The zero-order valence-corrected chi connectivity index (χ0v) is 18.8. The Labute approximate surface area is 196 Å². The summed E-state index contributed by atoms with van der Waals surface area (Å²) in [5.74, 6) is -0.920. The Balaban J connectivity index is 1.31. The highest BCUT2D eigenvalue weighted by molar-refractivity contribution is 6.21. The van der Waals surface area contributed by atoms with E-state index in [2.05, 4.69) is 21.5 Å². The van der Waals surface area contributed by atoms with Crippen LogP contribution < -0.4 is 5.43 Å². The standard InChI is InChI=1S/C25H25F2N5O2/c1-30-11-19(14-2-4-31(5-3-14)13-23(34)32-9-16(33)10-32)25-20(12-30)17-6-15(26)7-18-21(27)8-22(24(17)18)28-29-25/h2,6-8,12,16,29,33H,3-5,9-11,13H2,1H3. The lowest BCUT2D eigenvalue weighted by Gasteiger charge is -2.38. The number of β-amino-alcohol motifs (C(OH)–C–C–N with tert-alkyl or cyclic N) is 1. The van der Waals surface area contributed by atoms with E-state index in [0.29, 0.717) is 49.6 Å². The predicted octanol–water partition coefficient (Wildman–Crippen LogP) is 1.83. The molecule has 0 spiro atoms. The minimum Gasteiger partial charge on any atom is -0.389 e. The number of hydrazone groups is 1. The number of rotatable bonds is 3. The number of aliphatic hydroxyl groups is 1. The highest BCUT2D eigenvalue weighted by Crippen LogP contribution is 2.41. The number of fused-ring (bicyclic) bond motifs is 2. The third kappa shape index (κ3) is 3.47. The van der Waals surface area contributed by atoms with Crippen LogP contribution in [-0.2, 0) is 4.79 Å². The maximum atomic E-state index is 14.5. The van der Waals surface area contributed by atoms with Crippen LogP contribution in [0.4, 0.5) is 8.78 Å². The van der Waals surface area contributed by atoms with Gasteiger partial charge < -0.3 is 14.9 Å². The fourth-order valence-corrected chi connectivity index (χ4v) is 5.25. The second-order valence-corrected chi connectivity index (χ2v) is 9.46. The lowest BCUT2D eigenvalue weighted by Crippen LogP contribution is -2.56. The van der Waals surface area contributed by atoms with Gasteiger partial charge in [-0.1, -0.05) is 6.08 Å². The van der Waals surface area contributed by atoms with Crippen LogP contribution in [0, 0.1) is 5.82 Å². The zero-order valence-electron chi connectivity index (χ0n) is 18.8. The summed E-state index contributed by atoms with van der Waals surface area (Å²) in [6.45, 7) is 3.23. The molecule has 2 N–H and O–H groups in total. The van der Waals surface area contributed by atoms with Crippen molar-refractivity contribution in [3.05, 3.63) is 69.8 Å². The highest BCUT2D eigenvalue weighted by atomic mass is 19.1. The van der Waals surface area contributed by atoms with E-state index < -0.39 is 17.7 Å². The van der Waals surface area contributed by atoms with Gasteiger partial charge in [-0.15, -0.1) is 0 Å². The summed E-state index contributed by atoms with van der Waals surface area (Å²) in [4.78, 5) is 18.2. The van der Waals surface area contributed by atoms with E-state index in [1.54, 1.807) is 4.90 Å². The van der Waals surface area contributed by atoms with Crippen LogP contribution in [-0.4, -0.2) is 83.8 Å². The summed E-state index contributed by atoms with van der Waals surface area (Å²) in [5.41, 5.74) is 8.93. The Hall–Kier alpha value is -3.30. The third-order valence-corrected chi connectivity index (χ3v) is 7.04. The van der Waals surface area contributed by atoms with E-state index in [4.69, 9.17) is 0 Å². The van der Waals surface area contributed by atoms with Gasteiger partial charge >= 0.3 is 0 Å². The summed E-state index contributed by atoms with van der Waals surface area (Å²) in [6.07, 6.45) is 5.80. The van der Waals surface area contributed by atoms with Crippen molar-refractivity contribution in [1.29, 1.82) is 0 Å². The number of allylic oxidation sites excluding steroid dienone is 2. The number of likely N-dealkylation sites (tertiary alicyclic amines) is 1. The SMILES string of the molecule is CN1C=C2C(=C(C3=CCN(CC(=O)N4CC(O)C4)CC3)C1)NN=C1C=C(F)c3cc(F)cc2c31. The molecule has 176 valence electrons. The van der Waals surface area contributed by atoms with Crippen molar-refractivity contribution in [2.24, 2.45) is 5.10 Å². The van der Waals surface area contributed by atoms with Crippen molar-refractivity contribution in [3.63, 3.8) is 0 Å². The van der Waals surface area contributed by atoms with Crippen LogP contribution in [0.3, 0.4) is 0 Å². The first-order valence-corrected chi connectivity index (χ1v) is 11.5. The molecule has 0 atom stereocenters. The first kappa shape index (κ1) is 21.2. The summed E-state index contributed by atoms with van der Waals surface area (Å²) in [7, 11) is 1.96. The van der Waals surface area contributed by atoms with Gasteiger partial charge in [0.05, 0.1) is 24.1 Å². The van der Waals surface area contributed by atoms with E-state index in [1.807, 2.05) is 18.1 Å². The third-order valence-electron chi connectivity index (χ3n) is 7.04. The molecule has 4 aliphatic heterocycles. The molecule has 0 aromatic heterocycles. The van der Waals surface area contributed by atoms with E-state index in [0.717, 1.165) is 29.8 Å². The Morgan fingerprint density at radius 1 is 1.26 bits per heavy atom. The highest BCUT2D eigenvalue weighted by Gasteiger charge is 2.34. The van der Waals surface area contributed by atoms with E-state index in [1.165, 1.54) is 23.8 Å². The summed E-state index contributed by atoms with van der Waals surface area (Å²) in [5, 5.41) is 13.9. The number of likely N-dealkylation sites (N-methyl/N-ethyl adjacent to an activating group) is 1. The molecule has 1 aromatic rings. The molecule has 9 heteroatoms. The topological polar surface area (TPSA) is 71.4 Å². The van der Waals surface area contributed by atoms with Gasteiger partial charge in [0.15, 0.2) is 0 Å². The lowest BCUT2D eigenvalue weighted by molar-refractivity contribution is -0.142. The van der Waals surface area contributed by atoms with Crippen molar-refractivity contribution >= 4 is 23.0 Å². The summed E-state index contributed by atoms with van der Waals surface area (Å²) < 4.78 is 28.9. The second-order valence-electron chi connectivity index (χ2n) is 9.46. The molecular weight excluding hydrogens is 440 g/mol. The van der Waals surface area contributed by atoms with Crippen LogP contribution in [0.25, 0.3) is 11.4 Å². The molecule has 0 unspecified atom stereocenters. The van der Waals surface area contributed by atoms with Gasteiger partial charge in [0.2, 0.25) is 5.91 Å². The number of nitrogens with one attached hydrogen (secondary N) is 1. The number of carbonyl (C=O) groups is 1. The van der Waals surface area contributed by atoms with Crippen LogP contribution in [0.15, 0.2) is 52.4 Å². The van der Waals surface area contributed by atoms with Gasteiger partial charge in [-0.05, 0) is 29.7 Å². The van der Waals surface area contributed by atoms with Crippen LogP contribution >= 0.6 is 0 Å². The molecular formula is C25H25F2N5O2. The van der Waals surface area contributed by atoms with Crippen LogP contribution in [0.1, 0.15) is 23.1 Å². The van der Waals surface area contributed by atoms with Gasteiger partial charge in [-0.2, -0.15) is 5.10 Å². The van der Waals surface area contributed by atoms with Crippen molar-refractivity contribution in [3.8, 4) is 0 Å². The molecule has 1 saturated heterocycles. The monoisotopic (exact) mass is 465 g/mol. The average Bonchev–Trinajstić information content (AvgIpc) is 3.02. The normalized spacial score (nSPS) is 22.1. The van der Waals surface area contributed by atoms with Crippen LogP contribution in [0.2, 0.25) is 0 Å². The molecule has 0 radical (unpaired) electrons. The molecule has 1 aliphatic carbocycles. The lowest BCUT2D eigenvalue weighted by atomic mass is 9.87. The summed E-state index contributed by atoms with van der Waals surface area (Å²) in [6, 6.07) is 2.67. The fraction of sp³-hybridized carbons (Fsp3) is 0.360. The molecule has 6 rings (SSSR count). The van der Waals surface area contributed by atoms with Crippen LogP contribution in [0.5, 0.6) is 0 Å². The Kier molecular flexibility index (Phi) is 4.93. The smallest absolute Gasteiger partial charge is 0.236 e. The molecule has 1 aromatic carbocycles. The van der Waals surface area contributed by atoms with E-state index >= 15 is 0 Å². The Morgan fingerprint density at radius 2 is 2.06 bits per heavy atom. The van der Waals surface area contributed by atoms with Crippen molar-refractivity contribution in [2.75, 3.05) is 46.3 Å². The molecule has 4 heterocycles. The number of carbonyl (C=O) groups excluding carboxylic acids is 1. The molecule has 5 aliphatic rings. The van der Waals surface area contributed by atoms with E-state index in [9.17, 15) is 18.7 Å². The van der Waals surface area contributed by atoms with E-state index in [-0.39, 0.29) is 11.5 Å². The molecule has 0 bridgehead atoms. The number of halogens is 2. The van der Waals surface area contributed by atoms with Gasteiger partial charge in [-0.3, -0.25) is 15.1 Å². The zero-order chi connectivity index (χ0) is 23.6. The molecule has 1 amide bonds. The molecule has 34 heavy (non-hydrogen) atoms. The number of nitrogens with zero attached hydrogens (tertiary/aromatic N) is 4. The first-order chi connectivity index (χ1) is 16.4. The fourth-order valence-electron chi connectivity index (χ4n) is 5.25. The van der Waals surface area contributed by atoms with Crippen molar-refractivity contribution in [1.82, 2.24) is 20.1 Å². The average molecular weight is 466 g/mol. The van der Waals surface area contributed by atoms with Crippen molar-refractivity contribution in [2.45, 2.75) is 12.5 Å². The Bertz CT molecular complexity index is 1260. The predicted molar refractivity (Wildman–Crippen MR) is 125 cm³/mol. The maximum Gasteiger partial charge on any atom is 0.236 e. The maximum absolute atomic E-state index is 14.5. The molecule has 1 fully saturated rings. The number of hydrogen-bond donors (Lipinski definition) is 2. The van der Waals surface area contributed by atoms with Gasteiger partial charge in [0, 0.05) is 74.3 Å².